The number of rotatable bonds is 7. The minimum absolute atomic E-state index is 0.0114. The third-order valence-electron chi connectivity index (χ3n) is 2.86. The van der Waals surface area contributed by atoms with Crippen LogP contribution >= 0.6 is 11.6 Å². The Labute approximate surface area is 117 Å². The second-order valence-corrected chi connectivity index (χ2v) is 6.36. The molecule has 0 heterocycles. The van der Waals surface area contributed by atoms with E-state index in [-0.39, 0.29) is 29.0 Å². The zero-order chi connectivity index (χ0) is 14.5. The molecule has 1 aromatic rings. The zero-order valence-electron chi connectivity index (χ0n) is 10.6. The van der Waals surface area contributed by atoms with Crippen molar-refractivity contribution in [1.29, 1.82) is 0 Å². The van der Waals surface area contributed by atoms with Crippen LogP contribution in [-0.4, -0.2) is 26.7 Å². The number of hydrogen-bond donors (Lipinski definition) is 2. The first-order valence-corrected chi connectivity index (χ1v) is 7.82. The zero-order valence-corrected chi connectivity index (χ0v) is 12.1. The molecule has 0 fully saturated rings. The summed E-state index contributed by atoms with van der Waals surface area (Å²) in [5.74, 6) is -0.533. The summed E-state index contributed by atoms with van der Waals surface area (Å²) in [6.07, 6.45) is 1.27. The lowest BCUT2D eigenvalue weighted by molar-refractivity contribution is 0.254. The van der Waals surface area contributed by atoms with E-state index in [9.17, 15) is 12.8 Å². The second kappa shape index (κ2) is 7.19. The van der Waals surface area contributed by atoms with E-state index in [1.165, 1.54) is 0 Å². The highest BCUT2D eigenvalue weighted by molar-refractivity contribution is 7.89. The number of halogens is 2. The van der Waals surface area contributed by atoms with Gasteiger partial charge < -0.3 is 5.11 Å². The number of hydrogen-bond acceptors (Lipinski definition) is 3. The lowest BCUT2D eigenvalue weighted by Gasteiger charge is -2.15. The number of sulfonamides is 1. The largest absolute Gasteiger partial charge is 0.396 e. The SMILES string of the molecule is CCC(CCO)CNS(=O)(=O)c1ccc(F)cc1Cl. The van der Waals surface area contributed by atoms with Gasteiger partial charge in [-0.1, -0.05) is 24.9 Å². The molecular weight excluding hydrogens is 293 g/mol. The fourth-order valence-electron chi connectivity index (χ4n) is 1.63. The average molecular weight is 310 g/mol. The molecule has 0 bridgehead atoms. The van der Waals surface area contributed by atoms with Gasteiger partial charge in [0.1, 0.15) is 10.7 Å². The summed E-state index contributed by atoms with van der Waals surface area (Å²) in [5.41, 5.74) is 0. The molecule has 1 aromatic carbocycles. The van der Waals surface area contributed by atoms with Crippen LogP contribution in [0.25, 0.3) is 0 Å². The lowest BCUT2D eigenvalue weighted by atomic mass is 10.0. The van der Waals surface area contributed by atoms with Crippen LogP contribution in [0.5, 0.6) is 0 Å². The Bertz CT molecular complexity index is 522. The minimum atomic E-state index is -3.76. The Morgan fingerprint density at radius 3 is 2.68 bits per heavy atom. The number of aliphatic hydroxyl groups excluding tert-OH is 1. The fraction of sp³-hybridized carbons (Fsp3) is 0.500. The fourth-order valence-corrected chi connectivity index (χ4v) is 3.28. The van der Waals surface area contributed by atoms with E-state index in [4.69, 9.17) is 16.7 Å². The Kier molecular flexibility index (Phi) is 6.19. The summed E-state index contributed by atoms with van der Waals surface area (Å²) >= 11 is 5.73. The highest BCUT2D eigenvalue weighted by Crippen LogP contribution is 2.22. The quantitative estimate of drug-likeness (QED) is 0.811. The van der Waals surface area contributed by atoms with Gasteiger partial charge in [-0.3, -0.25) is 0 Å². The van der Waals surface area contributed by atoms with E-state index in [1.807, 2.05) is 6.92 Å². The van der Waals surface area contributed by atoms with Crippen LogP contribution in [0.15, 0.2) is 23.1 Å². The topological polar surface area (TPSA) is 66.4 Å². The first-order valence-electron chi connectivity index (χ1n) is 5.96. The highest BCUT2D eigenvalue weighted by atomic mass is 35.5. The molecule has 0 aliphatic carbocycles. The minimum Gasteiger partial charge on any atom is -0.396 e. The van der Waals surface area contributed by atoms with Gasteiger partial charge in [0.15, 0.2) is 0 Å². The van der Waals surface area contributed by atoms with Crippen molar-refractivity contribution in [2.45, 2.75) is 24.7 Å². The molecule has 7 heteroatoms. The van der Waals surface area contributed by atoms with Gasteiger partial charge in [0.2, 0.25) is 10.0 Å². The van der Waals surface area contributed by atoms with Crippen LogP contribution in [0, 0.1) is 11.7 Å². The van der Waals surface area contributed by atoms with Crippen LogP contribution in [0.4, 0.5) is 4.39 Å². The summed E-state index contributed by atoms with van der Waals surface area (Å²) < 4.78 is 39.3. The van der Waals surface area contributed by atoms with Gasteiger partial charge in [0.05, 0.1) is 5.02 Å². The van der Waals surface area contributed by atoms with Gasteiger partial charge in [-0.2, -0.15) is 0 Å². The Morgan fingerprint density at radius 1 is 1.47 bits per heavy atom. The second-order valence-electron chi connectivity index (χ2n) is 4.21. The van der Waals surface area contributed by atoms with E-state index in [0.717, 1.165) is 24.6 Å². The van der Waals surface area contributed by atoms with E-state index in [2.05, 4.69) is 4.72 Å². The maximum absolute atomic E-state index is 12.9. The van der Waals surface area contributed by atoms with Gasteiger partial charge >= 0.3 is 0 Å². The van der Waals surface area contributed by atoms with Gasteiger partial charge in [0.25, 0.3) is 0 Å². The first kappa shape index (κ1) is 16.4. The average Bonchev–Trinajstić information content (AvgIpc) is 2.34. The van der Waals surface area contributed by atoms with Crippen molar-refractivity contribution < 1.29 is 17.9 Å². The van der Waals surface area contributed by atoms with Crippen molar-refractivity contribution in [2.24, 2.45) is 5.92 Å². The summed E-state index contributed by atoms with van der Waals surface area (Å²) in [6, 6.07) is 3.14. The van der Waals surface area contributed by atoms with E-state index >= 15 is 0 Å². The van der Waals surface area contributed by atoms with Crippen molar-refractivity contribution in [3.05, 3.63) is 29.0 Å². The van der Waals surface area contributed by atoms with Crippen molar-refractivity contribution >= 4 is 21.6 Å². The molecule has 1 rings (SSSR count). The molecule has 0 aliphatic rings. The van der Waals surface area contributed by atoms with E-state index in [1.54, 1.807) is 0 Å². The Hall–Kier alpha value is -0.690. The standard InChI is InChI=1S/C12H17ClFNO3S/c1-2-9(5-6-16)8-15-19(17,18)12-4-3-10(14)7-11(12)13/h3-4,7,9,15-16H,2,5-6,8H2,1H3. The molecule has 1 unspecified atom stereocenters. The van der Waals surface area contributed by atoms with Crippen LogP contribution in [-0.2, 0) is 10.0 Å². The predicted octanol–water partition coefficient (Wildman–Crippen LogP) is 2.17. The maximum Gasteiger partial charge on any atom is 0.242 e. The van der Waals surface area contributed by atoms with Crippen LogP contribution in [0.3, 0.4) is 0 Å². The van der Waals surface area contributed by atoms with E-state index < -0.39 is 15.8 Å². The molecule has 4 nitrogen and oxygen atoms in total. The van der Waals surface area contributed by atoms with Crippen LogP contribution in [0.2, 0.25) is 5.02 Å². The van der Waals surface area contributed by atoms with Crippen LogP contribution in [0.1, 0.15) is 19.8 Å². The summed E-state index contributed by atoms with van der Waals surface area (Å²) in [5, 5.41) is 8.70. The highest BCUT2D eigenvalue weighted by Gasteiger charge is 2.19. The van der Waals surface area contributed by atoms with Gasteiger partial charge in [0, 0.05) is 13.2 Å². The molecule has 2 N–H and O–H groups in total. The Balaban J connectivity index is 2.81. The van der Waals surface area contributed by atoms with Crippen molar-refractivity contribution in [2.75, 3.05) is 13.2 Å². The molecule has 0 spiro atoms. The molecule has 0 radical (unpaired) electrons. The lowest BCUT2D eigenvalue weighted by Crippen LogP contribution is -2.29. The van der Waals surface area contributed by atoms with Crippen LogP contribution < -0.4 is 4.72 Å². The normalized spacial score (nSPS) is 13.5. The van der Waals surface area contributed by atoms with Crippen molar-refractivity contribution in [3.63, 3.8) is 0 Å². The molecule has 0 aromatic heterocycles. The molecule has 0 aliphatic heterocycles. The smallest absolute Gasteiger partial charge is 0.242 e. The summed E-state index contributed by atoms with van der Waals surface area (Å²) in [6.45, 7) is 2.14. The first-order chi connectivity index (χ1) is 8.90. The molecule has 108 valence electrons. The van der Waals surface area contributed by atoms with Gasteiger partial charge in [-0.25, -0.2) is 17.5 Å². The summed E-state index contributed by atoms with van der Waals surface area (Å²) in [4.78, 5) is -0.144. The van der Waals surface area contributed by atoms with Gasteiger partial charge in [-0.15, -0.1) is 0 Å². The molecule has 1 atom stereocenters. The van der Waals surface area contributed by atoms with Gasteiger partial charge in [-0.05, 0) is 30.5 Å². The number of benzene rings is 1. The third-order valence-corrected chi connectivity index (χ3v) is 4.77. The predicted molar refractivity (Wildman–Crippen MR) is 72.1 cm³/mol. The monoisotopic (exact) mass is 309 g/mol. The molecule has 0 amide bonds. The summed E-state index contributed by atoms with van der Waals surface area (Å²) in [7, 11) is -3.76. The molecular formula is C12H17ClFNO3S. The molecule has 0 saturated heterocycles. The Morgan fingerprint density at radius 2 is 2.16 bits per heavy atom. The molecule has 0 saturated carbocycles. The van der Waals surface area contributed by atoms with E-state index in [0.29, 0.717) is 6.42 Å². The molecule has 19 heavy (non-hydrogen) atoms. The third kappa shape index (κ3) is 4.72. The number of aliphatic hydroxyl groups is 1. The van der Waals surface area contributed by atoms with Crippen molar-refractivity contribution in [3.8, 4) is 0 Å². The maximum atomic E-state index is 12.9. The van der Waals surface area contributed by atoms with Crippen molar-refractivity contribution in [1.82, 2.24) is 4.72 Å². The number of nitrogens with one attached hydrogen (secondary N) is 1.